The number of benzene rings is 2. The molecule has 0 aliphatic rings. The molecular formula is C16H14FNO3. The number of anilines is 1. The van der Waals surface area contributed by atoms with E-state index >= 15 is 0 Å². The summed E-state index contributed by atoms with van der Waals surface area (Å²) in [6, 6.07) is 8.79. The number of aryl methyl sites for hydroxylation is 1. The molecule has 0 saturated carbocycles. The zero-order chi connectivity index (χ0) is 15.6. The highest BCUT2D eigenvalue weighted by Crippen LogP contribution is 2.20. The van der Waals surface area contributed by atoms with Gasteiger partial charge in [0.1, 0.15) is 5.82 Å². The topological polar surface area (TPSA) is 66.4 Å². The lowest BCUT2D eigenvalue weighted by molar-refractivity contribution is 0.0695. The Bertz CT molecular complexity index is 725. The summed E-state index contributed by atoms with van der Waals surface area (Å²) >= 11 is 0. The highest BCUT2D eigenvalue weighted by Gasteiger charge is 2.15. The van der Waals surface area contributed by atoms with Crippen LogP contribution in [-0.4, -0.2) is 17.0 Å². The molecule has 0 fully saturated rings. The van der Waals surface area contributed by atoms with Crippen LogP contribution >= 0.6 is 0 Å². The van der Waals surface area contributed by atoms with E-state index in [0.717, 1.165) is 5.56 Å². The minimum atomic E-state index is -1.08. The highest BCUT2D eigenvalue weighted by molar-refractivity contribution is 6.05. The third-order valence-electron chi connectivity index (χ3n) is 3.18. The molecule has 2 aromatic rings. The maximum Gasteiger partial charge on any atom is 0.336 e. The monoisotopic (exact) mass is 287 g/mol. The Morgan fingerprint density at radius 2 is 1.81 bits per heavy atom. The average Bonchev–Trinajstić information content (AvgIpc) is 2.43. The van der Waals surface area contributed by atoms with E-state index < -0.39 is 17.7 Å². The number of hydrogen-bond acceptors (Lipinski definition) is 2. The van der Waals surface area contributed by atoms with E-state index in [2.05, 4.69) is 5.32 Å². The SMILES string of the molecule is Cc1ccc(F)c(C(=O)Nc2cccc(C(=O)O)c2C)c1. The molecule has 0 heterocycles. The largest absolute Gasteiger partial charge is 0.478 e. The molecule has 2 rings (SSSR count). The van der Waals surface area contributed by atoms with Crippen molar-refractivity contribution in [2.75, 3.05) is 5.32 Å². The van der Waals surface area contributed by atoms with E-state index in [1.165, 1.54) is 24.3 Å². The van der Waals surface area contributed by atoms with Gasteiger partial charge in [0.25, 0.3) is 5.91 Å². The van der Waals surface area contributed by atoms with Crippen molar-refractivity contribution in [2.24, 2.45) is 0 Å². The molecule has 0 aliphatic carbocycles. The van der Waals surface area contributed by atoms with Gasteiger partial charge in [-0.3, -0.25) is 4.79 Å². The zero-order valence-electron chi connectivity index (χ0n) is 11.6. The quantitative estimate of drug-likeness (QED) is 0.909. The molecule has 2 aromatic carbocycles. The van der Waals surface area contributed by atoms with Gasteiger partial charge in [0.15, 0.2) is 0 Å². The molecule has 0 bridgehead atoms. The lowest BCUT2D eigenvalue weighted by atomic mass is 10.1. The van der Waals surface area contributed by atoms with E-state index in [1.54, 1.807) is 26.0 Å². The van der Waals surface area contributed by atoms with Crippen molar-refractivity contribution in [2.45, 2.75) is 13.8 Å². The first kappa shape index (κ1) is 14.7. The van der Waals surface area contributed by atoms with Gasteiger partial charge in [0.2, 0.25) is 0 Å². The van der Waals surface area contributed by atoms with Gasteiger partial charge < -0.3 is 10.4 Å². The van der Waals surface area contributed by atoms with Gasteiger partial charge in [-0.25, -0.2) is 9.18 Å². The Morgan fingerprint density at radius 3 is 2.48 bits per heavy atom. The van der Waals surface area contributed by atoms with Crippen LogP contribution in [0.4, 0.5) is 10.1 Å². The smallest absolute Gasteiger partial charge is 0.336 e. The minimum absolute atomic E-state index is 0.0740. The molecule has 0 saturated heterocycles. The molecule has 0 radical (unpaired) electrons. The Labute approximate surface area is 121 Å². The standard InChI is InChI=1S/C16H14FNO3/c1-9-6-7-13(17)12(8-9)15(19)18-14-5-3-4-11(10(14)2)16(20)21/h3-8H,1-2H3,(H,18,19)(H,20,21). The summed E-state index contributed by atoms with van der Waals surface area (Å²) in [5.74, 6) is -2.31. The maximum atomic E-state index is 13.7. The van der Waals surface area contributed by atoms with Crippen LogP contribution < -0.4 is 5.32 Å². The number of nitrogens with one attached hydrogen (secondary N) is 1. The molecule has 0 atom stereocenters. The van der Waals surface area contributed by atoms with Crippen molar-refractivity contribution in [3.63, 3.8) is 0 Å². The van der Waals surface area contributed by atoms with Crippen molar-refractivity contribution in [1.82, 2.24) is 0 Å². The van der Waals surface area contributed by atoms with E-state index in [-0.39, 0.29) is 11.1 Å². The Kier molecular flexibility index (Phi) is 4.03. The van der Waals surface area contributed by atoms with E-state index in [4.69, 9.17) is 5.11 Å². The molecule has 0 spiro atoms. The van der Waals surface area contributed by atoms with Gasteiger partial charge in [-0.15, -0.1) is 0 Å². The molecule has 4 nitrogen and oxygen atoms in total. The van der Waals surface area contributed by atoms with E-state index in [1.807, 2.05) is 0 Å². The summed E-state index contributed by atoms with van der Waals surface area (Å²) in [7, 11) is 0. The Balaban J connectivity index is 2.34. The van der Waals surface area contributed by atoms with Crippen molar-refractivity contribution in [3.8, 4) is 0 Å². The minimum Gasteiger partial charge on any atom is -0.478 e. The second kappa shape index (κ2) is 5.75. The van der Waals surface area contributed by atoms with Crippen molar-refractivity contribution >= 4 is 17.6 Å². The van der Waals surface area contributed by atoms with Crippen LogP contribution in [0.3, 0.4) is 0 Å². The molecule has 5 heteroatoms. The normalized spacial score (nSPS) is 10.2. The van der Waals surface area contributed by atoms with Crippen LogP contribution in [0.15, 0.2) is 36.4 Å². The number of carbonyl (C=O) groups excluding carboxylic acids is 1. The summed E-state index contributed by atoms with van der Waals surface area (Å²) in [5, 5.41) is 11.6. The van der Waals surface area contributed by atoms with Crippen LogP contribution in [0, 0.1) is 19.7 Å². The molecule has 2 N–H and O–H groups in total. The molecule has 0 unspecified atom stereocenters. The van der Waals surface area contributed by atoms with Crippen molar-refractivity contribution in [3.05, 3.63) is 64.5 Å². The average molecular weight is 287 g/mol. The summed E-state index contributed by atoms with van der Waals surface area (Å²) in [4.78, 5) is 23.2. The second-order valence-electron chi connectivity index (χ2n) is 4.72. The zero-order valence-corrected chi connectivity index (χ0v) is 11.6. The first-order chi connectivity index (χ1) is 9.90. The predicted molar refractivity (Wildman–Crippen MR) is 77.2 cm³/mol. The third-order valence-corrected chi connectivity index (χ3v) is 3.18. The fraction of sp³-hybridized carbons (Fsp3) is 0.125. The maximum absolute atomic E-state index is 13.7. The summed E-state index contributed by atoms with van der Waals surface area (Å²) in [6.45, 7) is 3.35. The second-order valence-corrected chi connectivity index (χ2v) is 4.72. The number of hydrogen-bond donors (Lipinski definition) is 2. The number of amides is 1. The number of carbonyl (C=O) groups is 2. The van der Waals surface area contributed by atoms with Crippen LogP contribution in [-0.2, 0) is 0 Å². The lowest BCUT2D eigenvalue weighted by Crippen LogP contribution is -2.15. The number of halogens is 1. The molecular weight excluding hydrogens is 273 g/mol. The predicted octanol–water partition coefficient (Wildman–Crippen LogP) is 3.39. The van der Waals surface area contributed by atoms with Gasteiger partial charge in [0, 0.05) is 5.69 Å². The van der Waals surface area contributed by atoms with Gasteiger partial charge in [-0.1, -0.05) is 17.7 Å². The molecule has 0 aromatic heterocycles. The summed E-state index contributed by atoms with van der Waals surface area (Å²) < 4.78 is 13.7. The van der Waals surface area contributed by atoms with Crippen LogP contribution in [0.1, 0.15) is 31.8 Å². The molecule has 108 valence electrons. The van der Waals surface area contributed by atoms with Crippen LogP contribution in [0.25, 0.3) is 0 Å². The number of carboxylic acids is 1. The number of aromatic carboxylic acids is 1. The van der Waals surface area contributed by atoms with Crippen molar-refractivity contribution in [1.29, 1.82) is 0 Å². The Morgan fingerprint density at radius 1 is 1.10 bits per heavy atom. The van der Waals surface area contributed by atoms with E-state index in [9.17, 15) is 14.0 Å². The summed E-state index contributed by atoms with van der Waals surface area (Å²) in [5.41, 5.74) is 1.55. The molecule has 1 amide bonds. The highest BCUT2D eigenvalue weighted by atomic mass is 19.1. The first-order valence-corrected chi connectivity index (χ1v) is 6.30. The van der Waals surface area contributed by atoms with Gasteiger partial charge in [-0.05, 0) is 43.7 Å². The van der Waals surface area contributed by atoms with Crippen molar-refractivity contribution < 1.29 is 19.1 Å². The number of rotatable bonds is 3. The lowest BCUT2D eigenvalue weighted by Gasteiger charge is -2.11. The van der Waals surface area contributed by atoms with Gasteiger partial charge in [0.05, 0.1) is 11.1 Å². The van der Waals surface area contributed by atoms with E-state index in [0.29, 0.717) is 11.3 Å². The Hall–Kier alpha value is -2.69. The van der Waals surface area contributed by atoms with Crippen LogP contribution in [0.2, 0.25) is 0 Å². The van der Waals surface area contributed by atoms with Gasteiger partial charge >= 0.3 is 5.97 Å². The molecule has 21 heavy (non-hydrogen) atoms. The first-order valence-electron chi connectivity index (χ1n) is 6.30. The van der Waals surface area contributed by atoms with Crippen LogP contribution in [0.5, 0.6) is 0 Å². The fourth-order valence-corrected chi connectivity index (χ4v) is 2.01. The molecule has 0 aliphatic heterocycles. The third kappa shape index (κ3) is 3.08. The fourth-order valence-electron chi connectivity index (χ4n) is 2.01. The summed E-state index contributed by atoms with van der Waals surface area (Å²) in [6.07, 6.45) is 0. The van der Waals surface area contributed by atoms with Gasteiger partial charge in [-0.2, -0.15) is 0 Å². The number of carboxylic acid groups (broad SMARTS) is 1.